The van der Waals surface area contributed by atoms with E-state index in [9.17, 15) is 8.42 Å². The first-order valence-electron chi connectivity index (χ1n) is 5.40. The Morgan fingerprint density at radius 1 is 1.06 bits per heavy atom. The van der Waals surface area contributed by atoms with Crippen LogP contribution >= 0.6 is 0 Å². The lowest BCUT2D eigenvalue weighted by molar-refractivity contribution is 0.594. The van der Waals surface area contributed by atoms with Crippen LogP contribution in [0.25, 0.3) is 0 Å². The lowest BCUT2D eigenvalue weighted by Gasteiger charge is -2.18. The second kappa shape index (κ2) is 4.55. The monoisotopic (exact) mass is 241 g/mol. The van der Waals surface area contributed by atoms with Crippen molar-refractivity contribution in [3.05, 3.63) is 29.3 Å². The molecule has 0 aliphatic carbocycles. The van der Waals surface area contributed by atoms with Crippen molar-refractivity contribution in [1.82, 2.24) is 0 Å². The van der Waals surface area contributed by atoms with Crippen molar-refractivity contribution in [2.45, 2.75) is 44.4 Å². The minimum atomic E-state index is -3.63. The van der Waals surface area contributed by atoms with Crippen LogP contribution in [0.15, 0.2) is 23.1 Å². The van der Waals surface area contributed by atoms with Gasteiger partial charge in [0.2, 0.25) is 10.0 Å². The maximum atomic E-state index is 11.5. The fraction of sp³-hybridized carbons (Fsp3) is 0.500. The van der Waals surface area contributed by atoms with Crippen LogP contribution in [0.3, 0.4) is 0 Å². The SMILES string of the molecule is CC(C)c1cccc(S(N)(=O)=O)c1C(C)C. The van der Waals surface area contributed by atoms with Crippen LogP contribution in [0.2, 0.25) is 0 Å². The molecule has 0 heterocycles. The van der Waals surface area contributed by atoms with E-state index in [4.69, 9.17) is 5.14 Å². The first kappa shape index (κ1) is 13.2. The van der Waals surface area contributed by atoms with Gasteiger partial charge in [-0.1, -0.05) is 39.8 Å². The van der Waals surface area contributed by atoms with Crippen LogP contribution in [0.1, 0.15) is 50.7 Å². The number of hydrogen-bond donors (Lipinski definition) is 1. The van der Waals surface area contributed by atoms with E-state index in [-0.39, 0.29) is 10.8 Å². The molecule has 0 bridgehead atoms. The third kappa shape index (κ3) is 2.62. The summed E-state index contributed by atoms with van der Waals surface area (Å²) in [5, 5.41) is 5.24. The largest absolute Gasteiger partial charge is 0.238 e. The van der Waals surface area contributed by atoms with E-state index in [0.29, 0.717) is 5.92 Å². The van der Waals surface area contributed by atoms with Gasteiger partial charge in [0, 0.05) is 0 Å². The van der Waals surface area contributed by atoms with Crippen molar-refractivity contribution in [1.29, 1.82) is 0 Å². The zero-order chi connectivity index (χ0) is 12.5. The fourth-order valence-electron chi connectivity index (χ4n) is 1.93. The van der Waals surface area contributed by atoms with Gasteiger partial charge < -0.3 is 0 Å². The van der Waals surface area contributed by atoms with E-state index in [1.807, 2.05) is 33.8 Å². The maximum absolute atomic E-state index is 11.5. The summed E-state index contributed by atoms with van der Waals surface area (Å²) in [6, 6.07) is 5.30. The van der Waals surface area contributed by atoms with Crippen LogP contribution in [0, 0.1) is 0 Å². The zero-order valence-electron chi connectivity index (χ0n) is 10.2. The Labute approximate surface area is 97.7 Å². The van der Waals surface area contributed by atoms with Crippen molar-refractivity contribution in [2.24, 2.45) is 5.14 Å². The van der Waals surface area contributed by atoms with Crippen LogP contribution < -0.4 is 5.14 Å². The van der Waals surface area contributed by atoms with Crippen LogP contribution in [-0.4, -0.2) is 8.42 Å². The van der Waals surface area contributed by atoms with Crippen molar-refractivity contribution >= 4 is 10.0 Å². The predicted molar refractivity (Wildman–Crippen MR) is 66.0 cm³/mol. The maximum Gasteiger partial charge on any atom is 0.238 e. The fourth-order valence-corrected chi connectivity index (χ4v) is 2.86. The molecule has 2 N–H and O–H groups in total. The first-order valence-corrected chi connectivity index (χ1v) is 6.95. The predicted octanol–water partition coefficient (Wildman–Crippen LogP) is 2.58. The Balaban J connectivity index is 3.58. The summed E-state index contributed by atoms with van der Waals surface area (Å²) >= 11 is 0. The van der Waals surface area contributed by atoms with Crippen LogP contribution in [-0.2, 0) is 10.0 Å². The van der Waals surface area contributed by atoms with Gasteiger partial charge in [0.15, 0.2) is 0 Å². The molecular formula is C12H19NO2S. The third-order valence-electron chi connectivity index (χ3n) is 2.61. The van der Waals surface area contributed by atoms with Gasteiger partial charge in [0.1, 0.15) is 0 Å². The zero-order valence-corrected chi connectivity index (χ0v) is 11.0. The molecule has 0 unspecified atom stereocenters. The Morgan fingerprint density at radius 2 is 1.62 bits per heavy atom. The molecule has 0 saturated heterocycles. The van der Waals surface area contributed by atoms with E-state index >= 15 is 0 Å². The number of rotatable bonds is 3. The van der Waals surface area contributed by atoms with Gasteiger partial charge in [-0.15, -0.1) is 0 Å². The molecule has 0 fully saturated rings. The summed E-state index contributed by atoms with van der Waals surface area (Å²) in [6.45, 7) is 8.06. The molecule has 0 aromatic heterocycles. The molecule has 0 saturated carbocycles. The second-order valence-electron chi connectivity index (χ2n) is 4.61. The van der Waals surface area contributed by atoms with Crippen molar-refractivity contribution in [2.75, 3.05) is 0 Å². The second-order valence-corrected chi connectivity index (χ2v) is 6.14. The van der Waals surface area contributed by atoms with Gasteiger partial charge >= 0.3 is 0 Å². The van der Waals surface area contributed by atoms with E-state index in [0.717, 1.165) is 11.1 Å². The normalized spacial score (nSPS) is 12.4. The molecule has 0 amide bonds. The minimum Gasteiger partial charge on any atom is -0.225 e. The Hall–Kier alpha value is -0.870. The van der Waals surface area contributed by atoms with Gasteiger partial charge in [0.25, 0.3) is 0 Å². The average Bonchev–Trinajstić information content (AvgIpc) is 2.14. The van der Waals surface area contributed by atoms with E-state index < -0.39 is 10.0 Å². The van der Waals surface area contributed by atoms with E-state index in [1.54, 1.807) is 12.1 Å². The van der Waals surface area contributed by atoms with Gasteiger partial charge in [-0.05, 0) is 29.0 Å². The number of nitrogens with two attached hydrogens (primary N) is 1. The highest BCUT2D eigenvalue weighted by Gasteiger charge is 2.20. The number of benzene rings is 1. The summed E-state index contributed by atoms with van der Waals surface area (Å²) in [5.74, 6) is 0.436. The van der Waals surface area contributed by atoms with Crippen LogP contribution in [0.4, 0.5) is 0 Å². The van der Waals surface area contributed by atoms with Gasteiger partial charge in [0.05, 0.1) is 4.90 Å². The molecule has 0 radical (unpaired) electrons. The van der Waals surface area contributed by atoms with Crippen LogP contribution in [0.5, 0.6) is 0 Å². The molecule has 4 heteroatoms. The molecule has 90 valence electrons. The average molecular weight is 241 g/mol. The highest BCUT2D eigenvalue weighted by Crippen LogP contribution is 2.31. The highest BCUT2D eigenvalue weighted by atomic mass is 32.2. The quantitative estimate of drug-likeness (QED) is 0.884. The summed E-state index contributed by atoms with van der Waals surface area (Å²) in [4.78, 5) is 0.258. The number of sulfonamides is 1. The highest BCUT2D eigenvalue weighted by molar-refractivity contribution is 7.89. The molecule has 16 heavy (non-hydrogen) atoms. The molecule has 0 aliphatic rings. The molecule has 0 aliphatic heterocycles. The summed E-state index contributed by atoms with van der Waals surface area (Å²) in [7, 11) is -3.63. The van der Waals surface area contributed by atoms with E-state index in [2.05, 4.69) is 0 Å². The standard InChI is InChI=1S/C12H19NO2S/c1-8(2)10-6-5-7-11(16(13,14)15)12(10)9(3)4/h5-9H,1-4H3,(H2,13,14,15). The summed E-state index contributed by atoms with van der Waals surface area (Å²) in [5.41, 5.74) is 1.90. The smallest absolute Gasteiger partial charge is 0.225 e. The Kier molecular flexibility index (Phi) is 3.76. The van der Waals surface area contributed by atoms with Gasteiger partial charge in [-0.3, -0.25) is 0 Å². The molecule has 0 atom stereocenters. The lowest BCUT2D eigenvalue weighted by atomic mass is 9.91. The molecule has 1 rings (SSSR count). The van der Waals surface area contributed by atoms with Gasteiger partial charge in [-0.25, -0.2) is 13.6 Å². The molecule has 1 aromatic carbocycles. The minimum absolute atomic E-state index is 0.145. The Bertz CT molecular complexity index is 476. The molecule has 0 spiro atoms. The molecule has 3 nitrogen and oxygen atoms in total. The third-order valence-corrected chi connectivity index (χ3v) is 3.57. The molecule has 1 aromatic rings. The number of primary sulfonamides is 1. The van der Waals surface area contributed by atoms with Crippen molar-refractivity contribution in [3.8, 4) is 0 Å². The Morgan fingerprint density at radius 3 is 2.00 bits per heavy atom. The van der Waals surface area contributed by atoms with Gasteiger partial charge in [-0.2, -0.15) is 0 Å². The summed E-state index contributed by atoms with van der Waals surface area (Å²) < 4.78 is 23.0. The van der Waals surface area contributed by atoms with E-state index in [1.165, 1.54) is 0 Å². The molecular weight excluding hydrogens is 222 g/mol. The summed E-state index contributed by atoms with van der Waals surface area (Å²) in [6.07, 6.45) is 0. The van der Waals surface area contributed by atoms with Crippen molar-refractivity contribution < 1.29 is 8.42 Å². The topological polar surface area (TPSA) is 60.2 Å². The number of hydrogen-bond acceptors (Lipinski definition) is 2. The first-order chi connectivity index (χ1) is 7.25. The van der Waals surface area contributed by atoms with Crippen molar-refractivity contribution in [3.63, 3.8) is 0 Å². The lowest BCUT2D eigenvalue weighted by Crippen LogP contribution is -2.16.